The Kier molecular flexibility index (Phi) is 6.21. The summed E-state index contributed by atoms with van der Waals surface area (Å²) >= 11 is 0. The van der Waals surface area contributed by atoms with Crippen molar-refractivity contribution in [2.75, 3.05) is 20.2 Å². The van der Waals surface area contributed by atoms with Crippen LogP contribution in [0.4, 0.5) is 0 Å². The van der Waals surface area contributed by atoms with Crippen LogP contribution in [-0.4, -0.2) is 54.0 Å². The SMILES string of the molecule is COc1ccccc1CC(=O)N1CCC(NC(=O)C2(C(=O)O)CCCC2)CC1. The van der Waals surface area contributed by atoms with Crippen molar-refractivity contribution in [2.24, 2.45) is 5.41 Å². The smallest absolute Gasteiger partial charge is 0.319 e. The lowest BCUT2D eigenvalue weighted by molar-refractivity contribution is -0.155. The standard InChI is InChI=1S/C21H28N2O5/c1-28-17-7-3-2-6-15(17)14-18(24)23-12-8-16(9-13-23)22-19(25)21(20(26)27)10-4-5-11-21/h2-3,6-7,16H,4-5,8-14H2,1H3,(H,22,25)(H,26,27). The number of carbonyl (C=O) groups is 3. The molecule has 3 rings (SSSR count). The molecule has 2 amide bonds. The molecule has 1 aromatic rings. The highest BCUT2D eigenvalue weighted by atomic mass is 16.5. The minimum Gasteiger partial charge on any atom is -0.496 e. The van der Waals surface area contributed by atoms with Crippen LogP contribution in [0, 0.1) is 5.41 Å². The Morgan fingerprint density at radius 1 is 1.18 bits per heavy atom. The summed E-state index contributed by atoms with van der Waals surface area (Å²) in [6, 6.07) is 7.39. The van der Waals surface area contributed by atoms with E-state index in [-0.39, 0.29) is 24.3 Å². The number of piperidine rings is 1. The quantitative estimate of drug-likeness (QED) is 0.727. The molecule has 1 aromatic carbocycles. The van der Waals surface area contributed by atoms with Crippen LogP contribution in [0.1, 0.15) is 44.1 Å². The van der Waals surface area contributed by atoms with E-state index in [4.69, 9.17) is 4.74 Å². The van der Waals surface area contributed by atoms with E-state index >= 15 is 0 Å². The second-order valence-corrected chi connectivity index (χ2v) is 7.71. The third-order valence-electron chi connectivity index (χ3n) is 6.02. The molecule has 2 N–H and O–H groups in total. The third kappa shape index (κ3) is 4.13. The molecule has 0 unspecified atom stereocenters. The zero-order valence-corrected chi connectivity index (χ0v) is 16.3. The molecule has 1 saturated heterocycles. The molecule has 7 heteroatoms. The van der Waals surface area contributed by atoms with Crippen molar-refractivity contribution in [3.63, 3.8) is 0 Å². The van der Waals surface area contributed by atoms with E-state index in [9.17, 15) is 19.5 Å². The number of hydrogen-bond donors (Lipinski definition) is 2. The first-order valence-electron chi connectivity index (χ1n) is 9.90. The summed E-state index contributed by atoms with van der Waals surface area (Å²) in [6.45, 7) is 1.11. The summed E-state index contributed by atoms with van der Waals surface area (Å²) in [4.78, 5) is 38.7. The number of ether oxygens (including phenoxy) is 1. The van der Waals surface area contributed by atoms with E-state index in [2.05, 4.69) is 5.32 Å². The molecule has 2 fully saturated rings. The molecule has 1 heterocycles. The summed E-state index contributed by atoms with van der Waals surface area (Å²) in [5, 5.41) is 12.5. The molecule has 152 valence electrons. The summed E-state index contributed by atoms with van der Waals surface area (Å²) < 4.78 is 5.31. The molecule has 0 atom stereocenters. The van der Waals surface area contributed by atoms with Gasteiger partial charge in [-0.1, -0.05) is 31.0 Å². The van der Waals surface area contributed by atoms with Crippen molar-refractivity contribution in [3.8, 4) is 5.75 Å². The van der Waals surface area contributed by atoms with Gasteiger partial charge in [0.1, 0.15) is 11.2 Å². The summed E-state index contributed by atoms with van der Waals surface area (Å²) in [7, 11) is 1.59. The number of carbonyl (C=O) groups excluding carboxylic acids is 2. The number of amides is 2. The van der Waals surface area contributed by atoms with E-state index in [1.807, 2.05) is 24.3 Å². The van der Waals surface area contributed by atoms with Gasteiger partial charge < -0.3 is 20.1 Å². The molecule has 0 aromatic heterocycles. The molecular formula is C21H28N2O5. The Balaban J connectivity index is 1.52. The van der Waals surface area contributed by atoms with E-state index in [1.54, 1.807) is 12.0 Å². The van der Waals surface area contributed by atoms with Crippen LogP contribution in [0.3, 0.4) is 0 Å². The maximum absolute atomic E-state index is 12.6. The fourth-order valence-corrected chi connectivity index (χ4v) is 4.24. The summed E-state index contributed by atoms with van der Waals surface area (Å²) in [6.07, 6.45) is 3.92. The zero-order chi connectivity index (χ0) is 20.1. The van der Waals surface area contributed by atoms with Crippen molar-refractivity contribution >= 4 is 17.8 Å². The molecule has 0 bridgehead atoms. The highest BCUT2D eigenvalue weighted by Gasteiger charge is 2.48. The van der Waals surface area contributed by atoms with E-state index in [1.165, 1.54) is 0 Å². The molecule has 7 nitrogen and oxygen atoms in total. The van der Waals surface area contributed by atoms with Gasteiger partial charge in [0.2, 0.25) is 11.8 Å². The molecule has 0 radical (unpaired) electrons. The van der Waals surface area contributed by atoms with Crippen LogP contribution >= 0.6 is 0 Å². The first kappa shape index (κ1) is 20.2. The van der Waals surface area contributed by atoms with Crippen molar-refractivity contribution in [2.45, 2.75) is 51.0 Å². The van der Waals surface area contributed by atoms with E-state index in [0.717, 1.165) is 18.4 Å². The minimum absolute atomic E-state index is 0.0343. The van der Waals surface area contributed by atoms with Gasteiger partial charge in [0.15, 0.2) is 0 Å². The Labute approximate surface area is 165 Å². The van der Waals surface area contributed by atoms with Crippen LogP contribution in [0.15, 0.2) is 24.3 Å². The fraction of sp³-hybridized carbons (Fsp3) is 0.571. The molecule has 1 aliphatic heterocycles. The van der Waals surface area contributed by atoms with Crippen LogP contribution in [0.5, 0.6) is 5.75 Å². The molecule has 1 aliphatic carbocycles. The number of nitrogens with zero attached hydrogens (tertiary/aromatic N) is 1. The average Bonchev–Trinajstić information content (AvgIpc) is 3.20. The Morgan fingerprint density at radius 2 is 1.82 bits per heavy atom. The lowest BCUT2D eigenvalue weighted by Gasteiger charge is -2.34. The van der Waals surface area contributed by atoms with E-state index in [0.29, 0.717) is 44.5 Å². The second kappa shape index (κ2) is 8.63. The predicted molar refractivity (Wildman–Crippen MR) is 103 cm³/mol. The largest absolute Gasteiger partial charge is 0.496 e. The fourth-order valence-electron chi connectivity index (χ4n) is 4.24. The third-order valence-corrected chi connectivity index (χ3v) is 6.02. The van der Waals surface area contributed by atoms with Gasteiger partial charge in [0, 0.05) is 24.7 Å². The normalized spacial score (nSPS) is 19.2. The van der Waals surface area contributed by atoms with Crippen molar-refractivity contribution < 1.29 is 24.2 Å². The van der Waals surface area contributed by atoms with Crippen molar-refractivity contribution in [1.82, 2.24) is 10.2 Å². The molecular weight excluding hydrogens is 360 g/mol. The number of carboxylic acids is 1. The highest BCUT2D eigenvalue weighted by molar-refractivity contribution is 6.02. The maximum Gasteiger partial charge on any atom is 0.319 e. The topological polar surface area (TPSA) is 95.9 Å². The lowest BCUT2D eigenvalue weighted by atomic mass is 9.84. The van der Waals surface area contributed by atoms with E-state index < -0.39 is 11.4 Å². The van der Waals surface area contributed by atoms with Gasteiger partial charge in [-0.2, -0.15) is 0 Å². The van der Waals surface area contributed by atoms with Crippen molar-refractivity contribution in [3.05, 3.63) is 29.8 Å². The number of carboxylic acid groups (broad SMARTS) is 1. The molecule has 2 aliphatic rings. The number of para-hydroxylation sites is 1. The monoisotopic (exact) mass is 388 g/mol. The molecule has 0 spiro atoms. The highest BCUT2D eigenvalue weighted by Crippen LogP contribution is 2.39. The van der Waals surface area contributed by atoms with Crippen molar-refractivity contribution in [1.29, 1.82) is 0 Å². The Bertz CT molecular complexity index is 734. The summed E-state index contributed by atoms with van der Waals surface area (Å²) in [5.41, 5.74) is -0.411. The lowest BCUT2D eigenvalue weighted by Crippen LogP contribution is -2.52. The number of likely N-dealkylation sites (tertiary alicyclic amines) is 1. The number of methoxy groups -OCH3 is 1. The first-order valence-corrected chi connectivity index (χ1v) is 9.90. The number of benzene rings is 1. The van der Waals surface area contributed by atoms with Crippen LogP contribution < -0.4 is 10.1 Å². The Hall–Kier alpha value is -2.57. The first-order chi connectivity index (χ1) is 13.5. The van der Waals surface area contributed by atoms with Gasteiger partial charge in [-0.15, -0.1) is 0 Å². The minimum atomic E-state index is -1.27. The number of aliphatic carboxylic acids is 1. The molecule has 1 saturated carbocycles. The van der Waals surface area contributed by atoms with Gasteiger partial charge in [0.25, 0.3) is 0 Å². The number of nitrogens with one attached hydrogen (secondary N) is 1. The van der Waals surface area contributed by atoms with Gasteiger partial charge in [0.05, 0.1) is 13.5 Å². The van der Waals surface area contributed by atoms with Gasteiger partial charge in [-0.3, -0.25) is 14.4 Å². The average molecular weight is 388 g/mol. The number of rotatable bonds is 6. The second-order valence-electron chi connectivity index (χ2n) is 7.71. The number of hydrogen-bond acceptors (Lipinski definition) is 4. The van der Waals surface area contributed by atoms with Crippen LogP contribution in [-0.2, 0) is 20.8 Å². The van der Waals surface area contributed by atoms with Crippen LogP contribution in [0.2, 0.25) is 0 Å². The maximum atomic E-state index is 12.6. The Morgan fingerprint density at radius 3 is 2.43 bits per heavy atom. The predicted octanol–water partition coefficient (Wildman–Crippen LogP) is 1.99. The zero-order valence-electron chi connectivity index (χ0n) is 16.3. The van der Waals surface area contributed by atoms with Gasteiger partial charge in [-0.25, -0.2) is 0 Å². The van der Waals surface area contributed by atoms with Crippen LogP contribution in [0.25, 0.3) is 0 Å². The molecule has 28 heavy (non-hydrogen) atoms. The van der Waals surface area contributed by atoms with Gasteiger partial charge >= 0.3 is 5.97 Å². The summed E-state index contributed by atoms with van der Waals surface area (Å²) in [5.74, 6) is -0.649. The van der Waals surface area contributed by atoms with Gasteiger partial charge in [-0.05, 0) is 31.7 Å².